The molecule has 4 nitrogen and oxygen atoms in total. The molecule has 106 valence electrons. The van der Waals surface area contributed by atoms with E-state index in [0.29, 0.717) is 21.3 Å². The molecule has 0 aliphatic carbocycles. The second-order valence-corrected chi connectivity index (χ2v) is 5.55. The van der Waals surface area contributed by atoms with Crippen LogP contribution in [0.5, 0.6) is 0 Å². The minimum absolute atomic E-state index is 0.202. The van der Waals surface area contributed by atoms with E-state index in [1.54, 1.807) is 24.4 Å². The van der Waals surface area contributed by atoms with Gasteiger partial charge in [-0.05, 0) is 26.0 Å². The van der Waals surface area contributed by atoms with Crippen LogP contribution in [0.2, 0.25) is 10.0 Å². The van der Waals surface area contributed by atoms with Crippen LogP contribution in [0.25, 0.3) is 0 Å². The van der Waals surface area contributed by atoms with E-state index in [1.165, 1.54) is 10.7 Å². The number of hydrogen-bond acceptors (Lipinski definition) is 3. The van der Waals surface area contributed by atoms with Crippen molar-refractivity contribution in [2.45, 2.75) is 26.4 Å². The standard InChI is InChI=1S/C14H15Cl2N3O/c1-9(2)18-10-6-14(20)19(17-7-10)8-11-12(15)4-3-5-13(11)16/h3-7,9,18H,8H2,1-2H3. The summed E-state index contributed by atoms with van der Waals surface area (Å²) in [5, 5.41) is 8.31. The van der Waals surface area contributed by atoms with Gasteiger partial charge in [-0.25, -0.2) is 4.68 Å². The van der Waals surface area contributed by atoms with Gasteiger partial charge in [0.25, 0.3) is 5.56 Å². The molecule has 0 bridgehead atoms. The third-order valence-electron chi connectivity index (χ3n) is 2.69. The Balaban J connectivity index is 2.29. The number of aromatic nitrogens is 2. The zero-order chi connectivity index (χ0) is 14.7. The lowest BCUT2D eigenvalue weighted by atomic mass is 10.2. The molecular weight excluding hydrogens is 297 g/mol. The van der Waals surface area contributed by atoms with Crippen molar-refractivity contribution in [2.75, 3.05) is 5.32 Å². The van der Waals surface area contributed by atoms with Gasteiger partial charge in [0.15, 0.2) is 0 Å². The highest BCUT2D eigenvalue weighted by Crippen LogP contribution is 2.24. The van der Waals surface area contributed by atoms with Crippen molar-refractivity contribution in [1.29, 1.82) is 0 Å². The van der Waals surface area contributed by atoms with Crippen LogP contribution in [-0.4, -0.2) is 15.8 Å². The first-order valence-electron chi connectivity index (χ1n) is 6.24. The van der Waals surface area contributed by atoms with Crippen molar-refractivity contribution < 1.29 is 0 Å². The van der Waals surface area contributed by atoms with Crippen molar-refractivity contribution in [3.8, 4) is 0 Å². The number of rotatable bonds is 4. The predicted molar refractivity (Wildman–Crippen MR) is 82.8 cm³/mol. The Morgan fingerprint density at radius 3 is 2.50 bits per heavy atom. The second kappa shape index (κ2) is 6.29. The third-order valence-corrected chi connectivity index (χ3v) is 3.40. The molecule has 0 amide bonds. The van der Waals surface area contributed by atoms with Crippen LogP contribution in [0.3, 0.4) is 0 Å². The van der Waals surface area contributed by atoms with Gasteiger partial charge < -0.3 is 5.32 Å². The first-order chi connectivity index (χ1) is 9.47. The van der Waals surface area contributed by atoms with E-state index in [1.807, 2.05) is 13.8 Å². The molecule has 1 aromatic carbocycles. The van der Waals surface area contributed by atoms with Crippen LogP contribution in [0, 0.1) is 0 Å². The van der Waals surface area contributed by atoms with Crippen LogP contribution in [0.1, 0.15) is 19.4 Å². The van der Waals surface area contributed by atoms with E-state index in [9.17, 15) is 4.79 Å². The molecule has 6 heteroatoms. The summed E-state index contributed by atoms with van der Waals surface area (Å²) in [4.78, 5) is 12.0. The summed E-state index contributed by atoms with van der Waals surface area (Å²) in [6, 6.07) is 6.99. The number of benzene rings is 1. The lowest BCUT2D eigenvalue weighted by Gasteiger charge is -2.11. The number of halogens is 2. The van der Waals surface area contributed by atoms with Crippen molar-refractivity contribution >= 4 is 28.9 Å². The molecule has 1 heterocycles. The van der Waals surface area contributed by atoms with Gasteiger partial charge in [0.1, 0.15) is 0 Å². The van der Waals surface area contributed by atoms with Gasteiger partial charge in [0.2, 0.25) is 0 Å². The van der Waals surface area contributed by atoms with E-state index >= 15 is 0 Å². The molecule has 0 aliphatic rings. The molecule has 1 N–H and O–H groups in total. The van der Waals surface area contributed by atoms with Gasteiger partial charge in [-0.3, -0.25) is 4.79 Å². The molecule has 0 saturated heterocycles. The lowest BCUT2D eigenvalue weighted by Crippen LogP contribution is -2.24. The van der Waals surface area contributed by atoms with E-state index in [2.05, 4.69) is 10.4 Å². The number of anilines is 1. The van der Waals surface area contributed by atoms with Crippen molar-refractivity contribution in [3.63, 3.8) is 0 Å². The Kier molecular flexibility index (Phi) is 4.68. The Hall–Kier alpha value is -1.52. The molecule has 0 spiro atoms. The maximum Gasteiger partial charge on any atom is 0.269 e. The summed E-state index contributed by atoms with van der Waals surface area (Å²) < 4.78 is 1.33. The van der Waals surface area contributed by atoms with Gasteiger partial charge >= 0.3 is 0 Å². The smallest absolute Gasteiger partial charge is 0.269 e. The fourth-order valence-corrected chi connectivity index (χ4v) is 2.31. The quantitative estimate of drug-likeness (QED) is 0.941. The molecule has 0 fully saturated rings. The van der Waals surface area contributed by atoms with Gasteiger partial charge in [-0.2, -0.15) is 5.10 Å². The van der Waals surface area contributed by atoms with Gasteiger partial charge in [-0.15, -0.1) is 0 Å². The first-order valence-corrected chi connectivity index (χ1v) is 6.99. The highest BCUT2D eigenvalue weighted by molar-refractivity contribution is 6.35. The Morgan fingerprint density at radius 1 is 1.30 bits per heavy atom. The van der Waals surface area contributed by atoms with Crippen LogP contribution in [0.4, 0.5) is 5.69 Å². The molecule has 20 heavy (non-hydrogen) atoms. The molecule has 2 aromatic rings. The minimum atomic E-state index is -0.202. The molecule has 0 atom stereocenters. The Morgan fingerprint density at radius 2 is 1.95 bits per heavy atom. The lowest BCUT2D eigenvalue weighted by molar-refractivity contribution is 0.639. The summed E-state index contributed by atoms with van der Waals surface area (Å²) in [7, 11) is 0. The molecule has 0 radical (unpaired) electrons. The highest BCUT2D eigenvalue weighted by atomic mass is 35.5. The number of nitrogens with zero attached hydrogens (tertiary/aromatic N) is 2. The normalized spacial score (nSPS) is 10.8. The van der Waals surface area contributed by atoms with Crippen LogP contribution in [-0.2, 0) is 6.54 Å². The van der Waals surface area contributed by atoms with Crippen molar-refractivity contribution in [1.82, 2.24) is 9.78 Å². The first kappa shape index (κ1) is 14.9. The molecular formula is C14H15Cl2N3O. The van der Waals surface area contributed by atoms with Crippen molar-refractivity contribution in [2.24, 2.45) is 0 Å². The number of hydrogen-bond donors (Lipinski definition) is 1. The largest absolute Gasteiger partial charge is 0.381 e. The maximum absolute atomic E-state index is 12.0. The van der Waals surface area contributed by atoms with E-state index in [0.717, 1.165) is 0 Å². The Bertz CT molecular complexity index is 647. The van der Waals surface area contributed by atoms with Crippen LogP contribution in [0.15, 0.2) is 35.3 Å². The van der Waals surface area contributed by atoms with Crippen LogP contribution >= 0.6 is 23.2 Å². The van der Waals surface area contributed by atoms with Gasteiger partial charge in [0, 0.05) is 27.7 Å². The molecule has 0 unspecified atom stereocenters. The van der Waals surface area contributed by atoms with E-state index in [4.69, 9.17) is 23.2 Å². The molecule has 2 rings (SSSR count). The topological polar surface area (TPSA) is 46.9 Å². The average Bonchev–Trinajstić information content (AvgIpc) is 2.35. The fourth-order valence-electron chi connectivity index (χ4n) is 1.80. The summed E-state index contributed by atoms with van der Waals surface area (Å²) in [5.41, 5.74) is 1.19. The van der Waals surface area contributed by atoms with Crippen LogP contribution < -0.4 is 10.9 Å². The van der Waals surface area contributed by atoms with E-state index < -0.39 is 0 Å². The molecule has 1 aromatic heterocycles. The SMILES string of the molecule is CC(C)Nc1cnn(Cc2c(Cl)cccc2Cl)c(=O)c1. The zero-order valence-electron chi connectivity index (χ0n) is 11.2. The minimum Gasteiger partial charge on any atom is -0.381 e. The van der Waals surface area contributed by atoms with Crippen molar-refractivity contribution in [3.05, 3.63) is 56.4 Å². The van der Waals surface area contributed by atoms with Gasteiger partial charge in [0.05, 0.1) is 18.4 Å². The molecule has 0 saturated carbocycles. The monoisotopic (exact) mass is 311 g/mol. The average molecular weight is 312 g/mol. The Labute approximate surface area is 127 Å². The zero-order valence-corrected chi connectivity index (χ0v) is 12.7. The highest BCUT2D eigenvalue weighted by Gasteiger charge is 2.08. The fraction of sp³-hybridized carbons (Fsp3) is 0.286. The van der Waals surface area contributed by atoms with E-state index in [-0.39, 0.29) is 18.1 Å². The summed E-state index contributed by atoms with van der Waals surface area (Å²) >= 11 is 12.2. The molecule has 0 aliphatic heterocycles. The summed E-state index contributed by atoms with van der Waals surface area (Å²) in [5.74, 6) is 0. The number of nitrogens with one attached hydrogen (secondary N) is 1. The summed E-state index contributed by atoms with van der Waals surface area (Å²) in [6.45, 7) is 4.24. The second-order valence-electron chi connectivity index (χ2n) is 4.74. The summed E-state index contributed by atoms with van der Waals surface area (Å²) in [6.07, 6.45) is 1.62. The third kappa shape index (κ3) is 3.52. The van der Waals surface area contributed by atoms with Gasteiger partial charge in [-0.1, -0.05) is 29.3 Å². The predicted octanol–water partition coefficient (Wildman–Crippen LogP) is 3.42. The maximum atomic E-state index is 12.0.